The van der Waals surface area contributed by atoms with E-state index in [9.17, 15) is 0 Å². The fourth-order valence-electron chi connectivity index (χ4n) is 3.62. The summed E-state index contributed by atoms with van der Waals surface area (Å²) >= 11 is 0. The fraction of sp³-hybridized carbons (Fsp3) is 0.556. The zero-order chi connectivity index (χ0) is 13.8. The lowest BCUT2D eigenvalue weighted by Crippen LogP contribution is -2.48. The van der Waals surface area contributed by atoms with Gasteiger partial charge in [0.25, 0.3) is 0 Å². The molecule has 0 radical (unpaired) electrons. The molecule has 108 valence electrons. The summed E-state index contributed by atoms with van der Waals surface area (Å²) in [7, 11) is 0. The summed E-state index contributed by atoms with van der Waals surface area (Å²) in [6.45, 7) is 8.13. The second-order valence-corrected chi connectivity index (χ2v) is 6.43. The molecule has 0 bridgehead atoms. The molecule has 0 unspecified atom stereocenters. The van der Waals surface area contributed by atoms with Crippen LogP contribution in [0.5, 0.6) is 0 Å². The zero-order valence-corrected chi connectivity index (χ0v) is 12.6. The first-order chi connectivity index (χ1) is 9.78. The predicted octanol–water partition coefficient (Wildman–Crippen LogP) is 2.96. The normalized spacial score (nSPS) is 23.4. The van der Waals surface area contributed by atoms with Gasteiger partial charge in [0.2, 0.25) is 0 Å². The van der Waals surface area contributed by atoms with Crippen molar-refractivity contribution in [2.75, 3.05) is 32.7 Å². The molecule has 1 aromatic carbocycles. The molecule has 1 N–H and O–H groups in total. The van der Waals surface area contributed by atoms with Gasteiger partial charge in [0.05, 0.1) is 0 Å². The molecule has 1 saturated heterocycles. The van der Waals surface area contributed by atoms with Crippen molar-refractivity contribution in [3.05, 3.63) is 47.5 Å². The van der Waals surface area contributed by atoms with E-state index in [1.807, 2.05) is 0 Å². The van der Waals surface area contributed by atoms with Gasteiger partial charge < -0.3 is 5.32 Å². The lowest BCUT2D eigenvalue weighted by atomic mass is 9.72. The van der Waals surface area contributed by atoms with E-state index in [1.165, 1.54) is 37.9 Å². The molecule has 3 rings (SSSR count). The predicted molar refractivity (Wildman–Crippen MR) is 85.0 cm³/mol. The van der Waals surface area contributed by atoms with Crippen LogP contribution >= 0.6 is 0 Å². The van der Waals surface area contributed by atoms with Gasteiger partial charge in [-0.3, -0.25) is 4.90 Å². The van der Waals surface area contributed by atoms with Crippen LogP contribution in [0.1, 0.15) is 31.7 Å². The standard InChI is InChI=1S/C18H26N2/c1-16-7-13-20(14-8-16)15-18(9-11-19-12-10-18)17-5-3-2-4-6-17/h2-7,19H,8-15H2,1H3. The van der Waals surface area contributed by atoms with E-state index >= 15 is 0 Å². The summed E-state index contributed by atoms with van der Waals surface area (Å²) in [5.74, 6) is 0. The Bertz CT molecular complexity index is 458. The Morgan fingerprint density at radius 1 is 1.15 bits per heavy atom. The molecule has 20 heavy (non-hydrogen) atoms. The number of benzene rings is 1. The Morgan fingerprint density at radius 2 is 1.90 bits per heavy atom. The van der Waals surface area contributed by atoms with Gasteiger partial charge in [-0.2, -0.15) is 0 Å². The Labute approximate surface area is 122 Å². The largest absolute Gasteiger partial charge is 0.317 e. The van der Waals surface area contributed by atoms with Gasteiger partial charge in [0, 0.05) is 25.0 Å². The molecular formula is C18H26N2. The number of hydrogen-bond acceptors (Lipinski definition) is 2. The molecule has 0 aromatic heterocycles. The van der Waals surface area contributed by atoms with Gasteiger partial charge in [-0.15, -0.1) is 0 Å². The van der Waals surface area contributed by atoms with Gasteiger partial charge in [-0.1, -0.05) is 42.0 Å². The summed E-state index contributed by atoms with van der Waals surface area (Å²) in [5, 5.41) is 3.52. The first-order valence-electron chi connectivity index (χ1n) is 7.93. The minimum absolute atomic E-state index is 0.353. The fourth-order valence-corrected chi connectivity index (χ4v) is 3.62. The van der Waals surface area contributed by atoms with Crippen molar-refractivity contribution in [3.8, 4) is 0 Å². The Hall–Kier alpha value is -1.12. The van der Waals surface area contributed by atoms with Gasteiger partial charge >= 0.3 is 0 Å². The van der Waals surface area contributed by atoms with Crippen LogP contribution in [0.25, 0.3) is 0 Å². The number of rotatable bonds is 3. The average molecular weight is 270 g/mol. The van der Waals surface area contributed by atoms with Crippen LogP contribution in [0.4, 0.5) is 0 Å². The summed E-state index contributed by atoms with van der Waals surface area (Å²) < 4.78 is 0. The third-order valence-electron chi connectivity index (χ3n) is 4.99. The molecule has 2 nitrogen and oxygen atoms in total. The summed E-state index contributed by atoms with van der Waals surface area (Å²) in [6.07, 6.45) is 6.17. The summed E-state index contributed by atoms with van der Waals surface area (Å²) in [6, 6.07) is 11.2. The van der Waals surface area contributed by atoms with E-state index in [1.54, 1.807) is 5.57 Å². The SMILES string of the molecule is CC1=CCN(CC2(c3ccccc3)CCNCC2)CC1. The van der Waals surface area contributed by atoms with Crippen molar-refractivity contribution < 1.29 is 0 Å². The lowest BCUT2D eigenvalue weighted by molar-refractivity contribution is 0.183. The van der Waals surface area contributed by atoms with E-state index in [2.05, 4.69) is 53.5 Å². The molecule has 0 amide bonds. The van der Waals surface area contributed by atoms with Crippen molar-refractivity contribution >= 4 is 0 Å². The highest BCUT2D eigenvalue weighted by Crippen LogP contribution is 2.34. The molecule has 0 aliphatic carbocycles. The number of nitrogens with one attached hydrogen (secondary N) is 1. The molecule has 1 aromatic rings. The number of hydrogen-bond donors (Lipinski definition) is 1. The highest BCUT2D eigenvalue weighted by molar-refractivity contribution is 5.27. The van der Waals surface area contributed by atoms with Crippen molar-refractivity contribution in [2.45, 2.75) is 31.6 Å². The number of piperidine rings is 1. The maximum atomic E-state index is 3.52. The van der Waals surface area contributed by atoms with Crippen molar-refractivity contribution in [2.24, 2.45) is 0 Å². The Morgan fingerprint density at radius 3 is 2.55 bits per heavy atom. The van der Waals surface area contributed by atoms with E-state index < -0.39 is 0 Å². The maximum absolute atomic E-state index is 3.52. The molecule has 2 heterocycles. The lowest BCUT2D eigenvalue weighted by Gasteiger charge is -2.42. The van der Waals surface area contributed by atoms with E-state index in [-0.39, 0.29) is 0 Å². The van der Waals surface area contributed by atoms with E-state index in [4.69, 9.17) is 0 Å². The maximum Gasteiger partial charge on any atom is 0.0166 e. The van der Waals surface area contributed by atoms with Gasteiger partial charge in [0.1, 0.15) is 0 Å². The molecule has 2 aliphatic rings. The molecule has 0 saturated carbocycles. The Balaban J connectivity index is 1.80. The van der Waals surface area contributed by atoms with Crippen LogP contribution in [0, 0.1) is 0 Å². The second-order valence-electron chi connectivity index (χ2n) is 6.43. The first kappa shape index (κ1) is 13.8. The minimum atomic E-state index is 0.353. The van der Waals surface area contributed by atoms with Crippen LogP contribution in [-0.2, 0) is 5.41 Å². The number of nitrogens with zero attached hydrogens (tertiary/aromatic N) is 1. The van der Waals surface area contributed by atoms with Crippen LogP contribution in [0.15, 0.2) is 42.0 Å². The highest BCUT2D eigenvalue weighted by Gasteiger charge is 2.35. The smallest absolute Gasteiger partial charge is 0.0166 e. The summed E-state index contributed by atoms with van der Waals surface area (Å²) in [5.41, 5.74) is 3.44. The zero-order valence-electron chi connectivity index (χ0n) is 12.6. The second kappa shape index (κ2) is 6.11. The monoisotopic (exact) mass is 270 g/mol. The third-order valence-corrected chi connectivity index (χ3v) is 4.99. The van der Waals surface area contributed by atoms with Crippen LogP contribution < -0.4 is 5.32 Å². The van der Waals surface area contributed by atoms with Crippen LogP contribution in [-0.4, -0.2) is 37.6 Å². The van der Waals surface area contributed by atoms with E-state index in [0.29, 0.717) is 5.41 Å². The van der Waals surface area contributed by atoms with Crippen molar-refractivity contribution in [1.29, 1.82) is 0 Å². The topological polar surface area (TPSA) is 15.3 Å². The van der Waals surface area contributed by atoms with E-state index in [0.717, 1.165) is 19.6 Å². The molecular weight excluding hydrogens is 244 g/mol. The summed E-state index contributed by atoms with van der Waals surface area (Å²) in [4.78, 5) is 2.64. The first-order valence-corrected chi connectivity index (χ1v) is 7.93. The molecule has 2 heteroatoms. The Kier molecular flexibility index (Phi) is 4.23. The van der Waals surface area contributed by atoms with Crippen molar-refractivity contribution in [1.82, 2.24) is 10.2 Å². The molecule has 0 spiro atoms. The van der Waals surface area contributed by atoms with Gasteiger partial charge in [0.15, 0.2) is 0 Å². The molecule has 2 aliphatic heterocycles. The van der Waals surface area contributed by atoms with Gasteiger partial charge in [-0.05, 0) is 44.8 Å². The van der Waals surface area contributed by atoms with Gasteiger partial charge in [-0.25, -0.2) is 0 Å². The van der Waals surface area contributed by atoms with Crippen molar-refractivity contribution in [3.63, 3.8) is 0 Å². The highest BCUT2D eigenvalue weighted by atomic mass is 15.1. The third kappa shape index (κ3) is 2.97. The quantitative estimate of drug-likeness (QED) is 0.850. The van der Waals surface area contributed by atoms with Crippen LogP contribution in [0.3, 0.4) is 0 Å². The molecule has 0 atom stereocenters. The average Bonchev–Trinajstić information content (AvgIpc) is 2.52. The minimum Gasteiger partial charge on any atom is -0.317 e. The molecule has 1 fully saturated rings. The van der Waals surface area contributed by atoms with Crippen LogP contribution in [0.2, 0.25) is 0 Å².